The molecule has 0 aliphatic heterocycles. The SMILES string of the molecule is Cc1cc(C)cc(Cc2ncc([C@@H](C)O)c(C)n2)c1. The van der Waals surface area contributed by atoms with E-state index in [1.165, 1.54) is 16.7 Å². The molecular weight excluding hydrogens is 236 g/mol. The van der Waals surface area contributed by atoms with Gasteiger partial charge in [-0.3, -0.25) is 0 Å². The summed E-state index contributed by atoms with van der Waals surface area (Å²) in [6, 6.07) is 6.48. The predicted octanol–water partition coefficient (Wildman–Crippen LogP) is 3.05. The molecule has 0 amide bonds. The molecule has 0 saturated carbocycles. The summed E-state index contributed by atoms with van der Waals surface area (Å²) in [6.45, 7) is 7.84. The standard InChI is InChI=1S/C16H20N2O/c1-10-5-11(2)7-14(6-10)8-16-17-9-15(13(4)19)12(3)18-16/h5-7,9,13,19H,8H2,1-4H3/t13-/m1/s1. The number of aliphatic hydroxyl groups excluding tert-OH is 1. The van der Waals surface area contributed by atoms with E-state index in [0.29, 0.717) is 0 Å². The van der Waals surface area contributed by atoms with E-state index in [1.807, 2.05) is 6.92 Å². The summed E-state index contributed by atoms with van der Waals surface area (Å²) in [4.78, 5) is 8.82. The molecule has 1 aromatic carbocycles. The van der Waals surface area contributed by atoms with E-state index in [9.17, 15) is 5.11 Å². The highest BCUT2D eigenvalue weighted by molar-refractivity contribution is 5.30. The molecule has 0 saturated heterocycles. The molecule has 19 heavy (non-hydrogen) atoms. The smallest absolute Gasteiger partial charge is 0.132 e. The lowest BCUT2D eigenvalue weighted by atomic mass is 10.0. The van der Waals surface area contributed by atoms with Crippen LogP contribution >= 0.6 is 0 Å². The summed E-state index contributed by atoms with van der Waals surface area (Å²) in [6.07, 6.45) is 1.93. The van der Waals surface area contributed by atoms with Gasteiger partial charge in [-0.1, -0.05) is 29.3 Å². The summed E-state index contributed by atoms with van der Waals surface area (Å²) in [7, 11) is 0. The molecule has 2 rings (SSSR count). The van der Waals surface area contributed by atoms with Gasteiger partial charge in [-0.05, 0) is 33.3 Å². The monoisotopic (exact) mass is 256 g/mol. The van der Waals surface area contributed by atoms with Crippen LogP contribution in [0.2, 0.25) is 0 Å². The predicted molar refractivity (Wildman–Crippen MR) is 76.1 cm³/mol. The number of aromatic nitrogens is 2. The van der Waals surface area contributed by atoms with Crippen LogP contribution in [0.25, 0.3) is 0 Å². The van der Waals surface area contributed by atoms with Crippen LogP contribution < -0.4 is 0 Å². The number of benzene rings is 1. The Bertz CT molecular complexity index is 571. The minimum atomic E-state index is -0.518. The summed E-state index contributed by atoms with van der Waals surface area (Å²) < 4.78 is 0. The zero-order chi connectivity index (χ0) is 14.0. The number of aliphatic hydroxyl groups is 1. The average molecular weight is 256 g/mol. The molecule has 0 aliphatic carbocycles. The van der Waals surface area contributed by atoms with E-state index < -0.39 is 6.10 Å². The van der Waals surface area contributed by atoms with E-state index in [1.54, 1.807) is 13.1 Å². The van der Waals surface area contributed by atoms with Crippen LogP contribution in [0, 0.1) is 20.8 Å². The third-order valence-electron chi connectivity index (χ3n) is 3.16. The molecule has 1 N–H and O–H groups in total. The van der Waals surface area contributed by atoms with Gasteiger partial charge in [0, 0.05) is 23.9 Å². The number of rotatable bonds is 3. The van der Waals surface area contributed by atoms with Gasteiger partial charge in [0.05, 0.1) is 6.10 Å². The van der Waals surface area contributed by atoms with Crippen LogP contribution in [-0.2, 0) is 6.42 Å². The molecule has 3 heteroatoms. The fourth-order valence-corrected chi connectivity index (χ4v) is 2.37. The van der Waals surface area contributed by atoms with Gasteiger partial charge >= 0.3 is 0 Å². The molecule has 2 aromatic rings. The second-order valence-electron chi connectivity index (χ2n) is 5.18. The third-order valence-corrected chi connectivity index (χ3v) is 3.16. The highest BCUT2D eigenvalue weighted by Gasteiger charge is 2.08. The lowest BCUT2D eigenvalue weighted by Crippen LogP contribution is -2.04. The van der Waals surface area contributed by atoms with Gasteiger partial charge in [0.25, 0.3) is 0 Å². The third kappa shape index (κ3) is 3.38. The second-order valence-corrected chi connectivity index (χ2v) is 5.18. The Morgan fingerprint density at radius 1 is 1.11 bits per heavy atom. The Morgan fingerprint density at radius 3 is 2.26 bits per heavy atom. The Hall–Kier alpha value is -1.74. The summed E-state index contributed by atoms with van der Waals surface area (Å²) in [5, 5.41) is 9.58. The van der Waals surface area contributed by atoms with Gasteiger partial charge in [0.1, 0.15) is 5.82 Å². The molecule has 0 spiro atoms. The number of hydrogen-bond acceptors (Lipinski definition) is 3. The quantitative estimate of drug-likeness (QED) is 0.918. The lowest BCUT2D eigenvalue weighted by Gasteiger charge is -2.09. The van der Waals surface area contributed by atoms with Crippen LogP contribution in [0.1, 0.15) is 46.8 Å². The van der Waals surface area contributed by atoms with Gasteiger partial charge < -0.3 is 5.11 Å². The first kappa shape index (κ1) is 13.7. The molecule has 0 unspecified atom stereocenters. The van der Waals surface area contributed by atoms with E-state index in [-0.39, 0.29) is 0 Å². The van der Waals surface area contributed by atoms with Crippen LogP contribution in [0.3, 0.4) is 0 Å². The van der Waals surface area contributed by atoms with Gasteiger partial charge in [-0.15, -0.1) is 0 Å². The molecule has 0 aliphatic rings. The minimum Gasteiger partial charge on any atom is -0.389 e. The van der Waals surface area contributed by atoms with E-state index in [2.05, 4.69) is 42.0 Å². The molecule has 3 nitrogen and oxygen atoms in total. The zero-order valence-electron chi connectivity index (χ0n) is 11.9. The van der Waals surface area contributed by atoms with Crippen molar-refractivity contribution in [1.82, 2.24) is 9.97 Å². The van der Waals surface area contributed by atoms with E-state index in [0.717, 1.165) is 23.5 Å². The first-order chi connectivity index (χ1) is 8.95. The van der Waals surface area contributed by atoms with Crippen molar-refractivity contribution in [2.45, 2.75) is 40.2 Å². The molecule has 0 radical (unpaired) electrons. The molecule has 100 valence electrons. The topological polar surface area (TPSA) is 46.0 Å². The van der Waals surface area contributed by atoms with Crippen molar-refractivity contribution in [3.8, 4) is 0 Å². The normalized spacial score (nSPS) is 12.5. The Morgan fingerprint density at radius 2 is 1.74 bits per heavy atom. The fourth-order valence-electron chi connectivity index (χ4n) is 2.37. The van der Waals surface area contributed by atoms with Crippen LogP contribution in [0.5, 0.6) is 0 Å². The lowest BCUT2D eigenvalue weighted by molar-refractivity contribution is 0.197. The van der Waals surface area contributed by atoms with Crippen LogP contribution in [0.4, 0.5) is 0 Å². The zero-order valence-corrected chi connectivity index (χ0v) is 11.9. The van der Waals surface area contributed by atoms with Crippen molar-refractivity contribution in [2.75, 3.05) is 0 Å². The Labute approximate surface area is 114 Å². The van der Waals surface area contributed by atoms with Crippen molar-refractivity contribution in [2.24, 2.45) is 0 Å². The first-order valence-corrected chi connectivity index (χ1v) is 6.53. The molecule has 1 heterocycles. The highest BCUT2D eigenvalue weighted by atomic mass is 16.3. The van der Waals surface area contributed by atoms with E-state index >= 15 is 0 Å². The van der Waals surface area contributed by atoms with Crippen molar-refractivity contribution < 1.29 is 5.11 Å². The van der Waals surface area contributed by atoms with Crippen LogP contribution in [0.15, 0.2) is 24.4 Å². The minimum absolute atomic E-state index is 0.518. The van der Waals surface area contributed by atoms with Crippen molar-refractivity contribution in [3.63, 3.8) is 0 Å². The number of aryl methyl sites for hydroxylation is 3. The highest BCUT2D eigenvalue weighted by Crippen LogP contribution is 2.16. The fraction of sp³-hybridized carbons (Fsp3) is 0.375. The molecule has 0 bridgehead atoms. The molecule has 1 aromatic heterocycles. The molecule has 0 fully saturated rings. The maximum atomic E-state index is 9.58. The van der Waals surface area contributed by atoms with Gasteiger partial charge in [0.2, 0.25) is 0 Å². The maximum absolute atomic E-state index is 9.58. The van der Waals surface area contributed by atoms with Crippen LogP contribution in [-0.4, -0.2) is 15.1 Å². The summed E-state index contributed by atoms with van der Waals surface area (Å²) in [5.74, 6) is 0.798. The largest absolute Gasteiger partial charge is 0.389 e. The first-order valence-electron chi connectivity index (χ1n) is 6.53. The Balaban J connectivity index is 2.26. The van der Waals surface area contributed by atoms with Crippen molar-refractivity contribution >= 4 is 0 Å². The van der Waals surface area contributed by atoms with Crippen molar-refractivity contribution in [3.05, 3.63) is 58.2 Å². The maximum Gasteiger partial charge on any atom is 0.132 e. The van der Waals surface area contributed by atoms with Gasteiger partial charge in [-0.25, -0.2) is 9.97 Å². The summed E-state index contributed by atoms with van der Waals surface area (Å²) in [5.41, 5.74) is 5.38. The number of nitrogens with zero attached hydrogens (tertiary/aromatic N) is 2. The summed E-state index contributed by atoms with van der Waals surface area (Å²) >= 11 is 0. The van der Waals surface area contributed by atoms with Gasteiger partial charge in [0.15, 0.2) is 0 Å². The Kier molecular flexibility index (Phi) is 3.96. The average Bonchev–Trinajstić information content (AvgIpc) is 2.26. The van der Waals surface area contributed by atoms with E-state index in [4.69, 9.17) is 0 Å². The second kappa shape index (κ2) is 5.49. The molecular formula is C16H20N2O. The van der Waals surface area contributed by atoms with Gasteiger partial charge in [-0.2, -0.15) is 0 Å². The van der Waals surface area contributed by atoms with Crippen molar-refractivity contribution in [1.29, 1.82) is 0 Å². The molecule has 1 atom stereocenters. The number of hydrogen-bond donors (Lipinski definition) is 1.